The van der Waals surface area contributed by atoms with Crippen molar-refractivity contribution in [2.75, 3.05) is 40.0 Å². The Labute approximate surface area is 193 Å². The van der Waals surface area contributed by atoms with E-state index in [2.05, 4.69) is 13.0 Å². The third kappa shape index (κ3) is 4.40. The molecule has 2 aliphatic heterocycles. The topological polar surface area (TPSA) is 70.1 Å². The van der Waals surface area contributed by atoms with Crippen molar-refractivity contribution >= 4 is 16.7 Å². The molecule has 1 fully saturated rings. The molecule has 1 saturated heterocycles. The Balaban J connectivity index is 1.25. The van der Waals surface area contributed by atoms with E-state index < -0.39 is 0 Å². The lowest BCUT2D eigenvalue weighted by molar-refractivity contribution is -0.134. The molecule has 0 radical (unpaired) electrons. The molecule has 5 rings (SSSR count). The molecule has 33 heavy (non-hydrogen) atoms. The standard InChI is InChI=1S/C26H28N2O5/c1-17-21-13-22(27-14-18(21)5-7-23(17)30-2)19-4-3-9-28(15-19)26(29)16-33-20-6-8-24-25(12-20)32-11-10-31-24/h5-8,12-14,19H,3-4,9-11,15-16H2,1-2H3/t19-/m1/s1. The summed E-state index contributed by atoms with van der Waals surface area (Å²) in [6.45, 7) is 4.50. The average molecular weight is 449 g/mol. The highest BCUT2D eigenvalue weighted by atomic mass is 16.6. The summed E-state index contributed by atoms with van der Waals surface area (Å²) >= 11 is 0. The number of amides is 1. The van der Waals surface area contributed by atoms with Crippen molar-refractivity contribution in [3.05, 3.63) is 53.9 Å². The summed E-state index contributed by atoms with van der Waals surface area (Å²) in [4.78, 5) is 19.5. The van der Waals surface area contributed by atoms with E-state index in [0.29, 0.717) is 37.0 Å². The SMILES string of the molecule is COc1ccc2cnc([C@@H]3CCCN(C(=O)COc4ccc5c(c4)OCCO5)C3)cc2c1C. The molecule has 0 unspecified atom stereocenters. The lowest BCUT2D eigenvalue weighted by atomic mass is 9.92. The third-order valence-electron chi connectivity index (χ3n) is 6.43. The highest BCUT2D eigenvalue weighted by Gasteiger charge is 2.26. The highest BCUT2D eigenvalue weighted by molar-refractivity contribution is 5.87. The lowest BCUT2D eigenvalue weighted by Gasteiger charge is -2.32. The van der Waals surface area contributed by atoms with Gasteiger partial charge in [-0.2, -0.15) is 0 Å². The molecule has 1 aromatic heterocycles. The van der Waals surface area contributed by atoms with Crippen molar-refractivity contribution in [3.8, 4) is 23.0 Å². The van der Waals surface area contributed by atoms with Crippen LogP contribution in [-0.4, -0.2) is 55.8 Å². The number of carbonyl (C=O) groups is 1. The molecule has 3 heterocycles. The molecule has 172 valence electrons. The number of pyridine rings is 1. The van der Waals surface area contributed by atoms with Crippen molar-refractivity contribution in [3.63, 3.8) is 0 Å². The fourth-order valence-corrected chi connectivity index (χ4v) is 4.60. The van der Waals surface area contributed by atoms with Crippen LogP contribution in [-0.2, 0) is 4.79 Å². The minimum atomic E-state index is -0.0202. The molecular weight excluding hydrogens is 420 g/mol. The Morgan fingerprint density at radius 1 is 1.15 bits per heavy atom. The van der Waals surface area contributed by atoms with Crippen molar-refractivity contribution in [1.82, 2.24) is 9.88 Å². The Morgan fingerprint density at radius 2 is 2.00 bits per heavy atom. The van der Waals surface area contributed by atoms with Gasteiger partial charge in [0.05, 0.1) is 7.11 Å². The van der Waals surface area contributed by atoms with Gasteiger partial charge in [-0.3, -0.25) is 9.78 Å². The molecule has 1 atom stereocenters. The van der Waals surface area contributed by atoms with Crippen LogP contribution in [0.15, 0.2) is 42.6 Å². The van der Waals surface area contributed by atoms with E-state index in [1.165, 1.54) is 0 Å². The maximum absolute atomic E-state index is 12.9. The first-order valence-corrected chi connectivity index (χ1v) is 11.4. The number of benzene rings is 2. The number of fused-ring (bicyclic) bond motifs is 2. The first-order chi connectivity index (χ1) is 16.1. The van der Waals surface area contributed by atoms with Gasteiger partial charge in [0, 0.05) is 42.4 Å². The molecule has 0 bridgehead atoms. The van der Waals surface area contributed by atoms with E-state index in [4.69, 9.17) is 23.9 Å². The smallest absolute Gasteiger partial charge is 0.260 e. The van der Waals surface area contributed by atoms with Crippen molar-refractivity contribution in [2.45, 2.75) is 25.7 Å². The number of nitrogens with zero attached hydrogens (tertiary/aromatic N) is 2. The highest BCUT2D eigenvalue weighted by Crippen LogP contribution is 2.34. The molecule has 0 saturated carbocycles. The van der Waals surface area contributed by atoms with Gasteiger partial charge in [0.25, 0.3) is 5.91 Å². The monoisotopic (exact) mass is 448 g/mol. The minimum absolute atomic E-state index is 0.00613. The Bertz CT molecular complexity index is 1180. The molecular formula is C26H28N2O5. The van der Waals surface area contributed by atoms with Crippen LogP contribution in [0.1, 0.15) is 30.0 Å². The number of rotatable bonds is 5. The number of likely N-dealkylation sites (tertiary alicyclic amines) is 1. The van der Waals surface area contributed by atoms with Gasteiger partial charge in [-0.1, -0.05) is 0 Å². The zero-order valence-electron chi connectivity index (χ0n) is 19.0. The predicted octanol–water partition coefficient (Wildman–Crippen LogP) is 4.11. The lowest BCUT2D eigenvalue weighted by Crippen LogP contribution is -2.41. The molecule has 3 aromatic rings. The summed E-state index contributed by atoms with van der Waals surface area (Å²) in [5.74, 6) is 3.01. The Morgan fingerprint density at radius 3 is 2.85 bits per heavy atom. The van der Waals surface area contributed by atoms with E-state index >= 15 is 0 Å². The minimum Gasteiger partial charge on any atom is -0.496 e. The van der Waals surface area contributed by atoms with Gasteiger partial charge < -0.3 is 23.8 Å². The molecule has 0 aliphatic carbocycles. The van der Waals surface area contributed by atoms with Crippen LogP contribution >= 0.6 is 0 Å². The Hall–Kier alpha value is -3.48. The number of aromatic nitrogens is 1. The summed E-state index contributed by atoms with van der Waals surface area (Å²) in [6.07, 6.45) is 3.87. The van der Waals surface area contributed by atoms with E-state index in [1.807, 2.05) is 29.3 Å². The van der Waals surface area contributed by atoms with Crippen LogP contribution in [0.4, 0.5) is 0 Å². The maximum Gasteiger partial charge on any atom is 0.260 e. The van der Waals surface area contributed by atoms with Gasteiger partial charge in [0.1, 0.15) is 24.7 Å². The van der Waals surface area contributed by atoms with Crippen molar-refractivity contribution in [2.24, 2.45) is 0 Å². The summed E-state index contributed by atoms with van der Waals surface area (Å²) in [7, 11) is 1.69. The summed E-state index contributed by atoms with van der Waals surface area (Å²) in [5.41, 5.74) is 2.12. The van der Waals surface area contributed by atoms with Crippen molar-refractivity contribution in [1.29, 1.82) is 0 Å². The second kappa shape index (κ2) is 9.17. The first kappa shape index (κ1) is 21.4. The summed E-state index contributed by atoms with van der Waals surface area (Å²) in [6, 6.07) is 11.5. The molecule has 1 amide bonds. The third-order valence-corrected chi connectivity index (χ3v) is 6.43. The predicted molar refractivity (Wildman–Crippen MR) is 125 cm³/mol. The number of aryl methyl sites for hydroxylation is 1. The number of carbonyl (C=O) groups excluding carboxylic acids is 1. The van der Waals surface area contributed by atoms with Crippen LogP contribution in [0.25, 0.3) is 10.8 Å². The van der Waals surface area contributed by atoms with Gasteiger partial charge >= 0.3 is 0 Å². The molecule has 2 aromatic carbocycles. The fourth-order valence-electron chi connectivity index (χ4n) is 4.60. The van der Waals surface area contributed by atoms with Crippen LogP contribution in [0.2, 0.25) is 0 Å². The Kier molecular flexibility index (Phi) is 5.94. The number of methoxy groups -OCH3 is 1. The van der Waals surface area contributed by atoms with E-state index in [-0.39, 0.29) is 18.4 Å². The zero-order chi connectivity index (χ0) is 22.8. The largest absolute Gasteiger partial charge is 0.496 e. The number of piperidine rings is 1. The maximum atomic E-state index is 12.9. The average Bonchev–Trinajstić information content (AvgIpc) is 2.87. The number of hydrogen-bond donors (Lipinski definition) is 0. The van der Waals surface area contributed by atoms with Crippen LogP contribution in [0, 0.1) is 6.92 Å². The van der Waals surface area contributed by atoms with E-state index in [1.54, 1.807) is 19.2 Å². The normalized spacial score (nSPS) is 17.6. The van der Waals surface area contributed by atoms with E-state index in [0.717, 1.165) is 47.2 Å². The van der Waals surface area contributed by atoms with Crippen LogP contribution in [0.5, 0.6) is 23.0 Å². The van der Waals surface area contributed by atoms with Crippen LogP contribution in [0.3, 0.4) is 0 Å². The summed E-state index contributed by atoms with van der Waals surface area (Å²) < 4.78 is 22.4. The fraction of sp³-hybridized carbons (Fsp3) is 0.385. The quantitative estimate of drug-likeness (QED) is 0.585. The molecule has 0 spiro atoms. The van der Waals surface area contributed by atoms with Crippen molar-refractivity contribution < 1.29 is 23.7 Å². The van der Waals surface area contributed by atoms with Gasteiger partial charge in [-0.25, -0.2) is 0 Å². The second-order valence-corrected chi connectivity index (χ2v) is 8.50. The molecule has 0 N–H and O–H groups in total. The van der Waals surface area contributed by atoms with E-state index in [9.17, 15) is 4.79 Å². The summed E-state index contributed by atoms with van der Waals surface area (Å²) in [5, 5.41) is 2.23. The number of hydrogen-bond acceptors (Lipinski definition) is 6. The van der Waals surface area contributed by atoms with Gasteiger partial charge in [-0.05, 0) is 61.0 Å². The first-order valence-electron chi connectivity index (χ1n) is 11.4. The van der Waals surface area contributed by atoms with Gasteiger partial charge in [0.15, 0.2) is 18.1 Å². The molecule has 7 nitrogen and oxygen atoms in total. The van der Waals surface area contributed by atoms with Gasteiger partial charge in [-0.15, -0.1) is 0 Å². The van der Waals surface area contributed by atoms with Gasteiger partial charge in [0.2, 0.25) is 0 Å². The number of ether oxygens (including phenoxy) is 4. The van der Waals surface area contributed by atoms with Crippen LogP contribution < -0.4 is 18.9 Å². The molecule has 7 heteroatoms. The second-order valence-electron chi connectivity index (χ2n) is 8.50. The zero-order valence-corrected chi connectivity index (χ0v) is 19.0. The molecule has 2 aliphatic rings.